The maximum Gasteiger partial charge on any atom is 0.268 e. The lowest BCUT2D eigenvalue weighted by atomic mass is 10.1. The molecule has 1 saturated carbocycles. The molecule has 1 aromatic heterocycles. The Bertz CT molecular complexity index is 803. The third-order valence-corrected chi connectivity index (χ3v) is 5.72. The summed E-state index contributed by atoms with van der Waals surface area (Å²) in [5, 5.41) is 7.91. The second-order valence-electron chi connectivity index (χ2n) is 7.00. The van der Waals surface area contributed by atoms with Gasteiger partial charge in [-0.3, -0.25) is 9.59 Å². The third kappa shape index (κ3) is 5.54. The molecule has 0 saturated heterocycles. The van der Waals surface area contributed by atoms with Gasteiger partial charge >= 0.3 is 0 Å². The van der Waals surface area contributed by atoms with Gasteiger partial charge in [-0.05, 0) is 48.9 Å². The molecule has 1 aliphatic rings. The molecular weight excluding hydrogens is 356 g/mol. The Balaban J connectivity index is 1.77. The van der Waals surface area contributed by atoms with Crippen LogP contribution >= 0.6 is 11.3 Å². The number of carbonyl (C=O) groups excluding carboxylic acids is 2. The van der Waals surface area contributed by atoms with Crippen molar-refractivity contribution in [3.8, 4) is 0 Å². The first-order valence-electron chi connectivity index (χ1n) is 9.56. The molecule has 0 bridgehead atoms. The minimum absolute atomic E-state index is 0.182. The Morgan fingerprint density at radius 1 is 1.04 bits per heavy atom. The predicted octanol–water partition coefficient (Wildman–Crippen LogP) is 4.67. The van der Waals surface area contributed by atoms with Crippen molar-refractivity contribution in [3.05, 3.63) is 63.5 Å². The highest BCUT2D eigenvalue weighted by Gasteiger charge is 2.20. The second-order valence-corrected chi connectivity index (χ2v) is 7.98. The number of hydrogen-bond donors (Lipinski definition) is 2. The average molecular weight is 383 g/mol. The van der Waals surface area contributed by atoms with Crippen LogP contribution < -0.4 is 10.6 Å². The van der Waals surface area contributed by atoms with E-state index in [0.717, 1.165) is 36.1 Å². The summed E-state index contributed by atoms with van der Waals surface area (Å²) in [7, 11) is 0. The van der Waals surface area contributed by atoms with Crippen molar-refractivity contribution in [3.63, 3.8) is 0 Å². The van der Waals surface area contributed by atoms with Crippen molar-refractivity contribution in [2.24, 2.45) is 0 Å². The molecule has 0 aliphatic heterocycles. The van der Waals surface area contributed by atoms with Crippen LogP contribution in [0, 0.1) is 6.92 Å². The quantitative estimate of drug-likeness (QED) is 0.583. The highest BCUT2D eigenvalue weighted by Crippen LogP contribution is 2.18. The molecule has 5 heteroatoms. The highest BCUT2D eigenvalue weighted by atomic mass is 32.1. The molecule has 27 heavy (non-hydrogen) atoms. The number of rotatable bonds is 5. The fourth-order valence-corrected chi connectivity index (χ4v) is 4.04. The molecule has 2 N–H and O–H groups in total. The van der Waals surface area contributed by atoms with Crippen molar-refractivity contribution in [2.45, 2.75) is 51.5 Å². The first-order chi connectivity index (χ1) is 13.1. The van der Waals surface area contributed by atoms with Gasteiger partial charge < -0.3 is 10.6 Å². The second kappa shape index (κ2) is 9.51. The molecule has 1 aromatic carbocycles. The van der Waals surface area contributed by atoms with Crippen LogP contribution in [-0.4, -0.2) is 17.9 Å². The summed E-state index contributed by atoms with van der Waals surface area (Å²) < 4.78 is 0. The van der Waals surface area contributed by atoms with E-state index in [1.807, 2.05) is 42.6 Å². The van der Waals surface area contributed by atoms with Gasteiger partial charge in [0.05, 0.1) is 0 Å². The van der Waals surface area contributed by atoms with Gasteiger partial charge in [0.15, 0.2) is 0 Å². The smallest absolute Gasteiger partial charge is 0.268 e. The number of amides is 2. The number of carbonyl (C=O) groups is 2. The summed E-state index contributed by atoms with van der Waals surface area (Å²) in [6.07, 6.45) is 8.51. The molecule has 2 aromatic rings. The van der Waals surface area contributed by atoms with Gasteiger partial charge in [-0.1, -0.05) is 49.9 Å². The molecule has 4 nitrogen and oxygen atoms in total. The zero-order valence-electron chi connectivity index (χ0n) is 15.7. The average Bonchev–Trinajstić information content (AvgIpc) is 3.04. The normalized spacial score (nSPS) is 15.8. The number of benzene rings is 1. The van der Waals surface area contributed by atoms with Crippen LogP contribution in [0.2, 0.25) is 0 Å². The van der Waals surface area contributed by atoms with E-state index in [0.29, 0.717) is 11.3 Å². The van der Waals surface area contributed by atoms with E-state index in [4.69, 9.17) is 0 Å². The number of nitrogens with one attached hydrogen (secondary N) is 2. The Kier molecular flexibility index (Phi) is 6.82. The van der Waals surface area contributed by atoms with Gasteiger partial charge in [-0.15, -0.1) is 11.3 Å². The molecule has 1 heterocycles. The molecule has 142 valence electrons. The maximum absolute atomic E-state index is 12.9. The largest absolute Gasteiger partial charge is 0.348 e. The summed E-state index contributed by atoms with van der Waals surface area (Å²) in [6, 6.07) is 11.4. The monoisotopic (exact) mass is 382 g/mol. The van der Waals surface area contributed by atoms with Crippen LogP contribution in [0.4, 0.5) is 0 Å². The zero-order chi connectivity index (χ0) is 19.1. The van der Waals surface area contributed by atoms with E-state index in [1.54, 1.807) is 12.1 Å². The van der Waals surface area contributed by atoms with Crippen molar-refractivity contribution < 1.29 is 9.59 Å². The molecule has 0 unspecified atom stereocenters. The number of thiophene rings is 1. The van der Waals surface area contributed by atoms with Gasteiger partial charge in [-0.2, -0.15) is 0 Å². The van der Waals surface area contributed by atoms with Gasteiger partial charge in [-0.25, -0.2) is 0 Å². The fraction of sp³-hybridized carbons (Fsp3) is 0.364. The summed E-state index contributed by atoms with van der Waals surface area (Å²) in [4.78, 5) is 26.6. The van der Waals surface area contributed by atoms with E-state index in [-0.39, 0.29) is 17.9 Å². The molecule has 0 radical (unpaired) electrons. The summed E-state index contributed by atoms with van der Waals surface area (Å²) in [5.74, 6) is -0.468. The topological polar surface area (TPSA) is 58.2 Å². The third-order valence-electron chi connectivity index (χ3n) is 4.90. The van der Waals surface area contributed by atoms with Crippen molar-refractivity contribution in [2.75, 3.05) is 0 Å². The van der Waals surface area contributed by atoms with E-state index in [9.17, 15) is 9.59 Å². The highest BCUT2D eigenvalue weighted by molar-refractivity contribution is 7.10. The first-order valence-corrected chi connectivity index (χ1v) is 10.4. The molecular formula is C22H26N2O2S. The lowest BCUT2D eigenvalue weighted by Crippen LogP contribution is -2.40. The maximum atomic E-state index is 12.9. The first kappa shape index (κ1) is 19.4. The van der Waals surface area contributed by atoms with Crippen LogP contribution in [0.25, 0.3) is 6.08 Å². The lowest BCUT2D eigenvalue weighted by Gasteiger charge is -2.18. The van der Waals surface area contributed by atoms with E-state index >= 15 is 0 Å². The fourth-order valence-electron chi connectivity index (χ4n) is 3.38. The SMILES string of the molecule is Cc1ccccc1C(=O)N/C(=C\c1cccs1)C(=O)NC1CCCCCC1. The Labute approximate surface area is 164 Å². The molecule has 0 spiro atoms. The van der Waals surface area contributed by atoms with Crippen LogP contribution in [0.5, 0.6) is 0 Å². The number of aryl methyl sites for hydroxylation is 1. The van der Waals surface area contributed by atoms with Gasteiger partial charge in [0.25, 0.3) is 11.8 Å². The molecule has 2 amide bonds. The molecule has 1 fully saturated rings. The standard InChI is InChI=1S/C22H26N2O2S/c1-16-9-6-7-13-19(16)21(25)24-20(15-18-12-8-14-27-18)22(26)23-17-10-4-2-3-5-11-17/h6-9,12-15,17H,2-5,10-11H2,1H3,(H,23,26)(H,24,25)/b20-15-. The summed E-state index contributed by atoms with van der Waals surface area (Å²) in [6.45, 7) is 1.89. The van der Waals surface area contributed by atoms with E-state index in [1.165, 1.54) is 24.2 Å². The number of hydrogen-bond acceptors (Lipinski definition) is 3. The van der Waals surface area contributed by atoms with E-state index < -0.39 is 0 Å². The van der Waals surface area contributed by atoms with Gasteiger partial charge in [0.1, 0.15) is 5.70 Å². The van der Waals surface area contributed by atoms with Crippen LogP contribution in [0.3, 0.4) is 0 Å². The lowest BCUT2D eigenvalue weighted by molar-refractivity contribution is -0.118. The summed E-state index contributed by atoms with van der Waals surface area (Å²) >= 11 is 1.54. The Hall–Kier alpha value is -2.40. The molecule has 0 atom stereocenters. The van der Waals surface area contributed by atoms with Crippen molar-refractivity contribution in [1.82, 2.24) is 10.6 Å². The van der Waals surface area contributed by atoms with E-state index in [2.05, 4.69) is 10.6 Å². The predicted molar refractivity (Wildman–Crippen MR) is 111 cm³/mol. The van der Waals surface area contributed by atoms with Crippen molar-refractivity contribution >= 4 is 29.2 Å². The minimum atomic E-state index is -0.257. The summed E-state index contributed by atoms with van der Waals surface area (Å²) in [5.41, 5.74) is 1.77. The van der Waals surface area contributed by atoms with Crippen molar-refractivity contribution in [1.29, 1.82) is 0 Å². The van der Waals surface area contributed by atoms with Crippen LogP contribution in [0.1, 0.15) is 59.3 Å². The van der Waals surface area contributed by atoms with Crippen LogP contribution in [0.15, 0.2) is 47.5 Å². The molecule has 1 aliphatic carbocycles. The Morgan fingerprint density at radius 2 is 1.78 bits per heavy atom. The minimum Gasteiger partial charge on any atom is -0.348 e. The van der Waals surface area contributed by atoms with Gasteiger partial charge in [0.2, 0.25) is 0 Å². The van der Waals surface area contributed by atoms with Gasteiger partial charge in [0, 0.05) is 16.5 Å². The van der Waals surface area contributed by atoms with Crippen LogP contribution in [-0.2, 0) is 4.79 Å². The Morgan fingerprint density at radius 3 is 2.44 bits per heavy atom. The molecule has 3 rings (SSSR count). The zero-order valence-corrected chi connectivity index (χ0v) is 16.5.